The Bertz CT molecular complexity index is 1060. The highest BCUT2D eigenvalue weighted by molar-refractivity contribution is 6.10. The van der Waals surface area contributed by atoms with Crippen molar-refractivity contribution in [2.75, 3.05) is 18.0 Å². The molecule has 0 spiro atoms. The predicted octanol–water partition coefficient (Wildman–Crippen LogP) is 3.34. The van der Waals surface area contributed by atoms with Gasteiger partial charge in [-0.05, 0) is 49.6 Å². The summed E-state index contributed by atoms with van der Waals surface area (Å²) in [6.07, 6.45) is 1.49. The Morgan fingerprint density at radius 2 is 1.88 bits per heavy atom. The molecular formula is C24H25F2N3O4. The van der Waals surface area contributed by atoms with E-state index in [4.69, 9.17) is 0 Å². The molecule has 1 saturated heterocycles. The minimum atomic E-state index is -2.87. The van der Waals surface area contributed by atoms with E-state index in [2.05, 4.69) is 10.1 Å². The third kappa shape index (κ3) is 4.53. The molecule has 0 bridgehead atoms. The number of ether oxygens (including phenoxy) is 1. The molecule has 0 saturated carbocycles. The van der Waals surface area contributed by atoms with E-state index in [1.165, 1.54) is 12.1 Å². The molecule has 1 fully saturated rings. The summed E-state index contributed by atoms with van der Waals surface area (Å²) >= 11 is 0. The molecule has 33 heavy (non-hydrogen) atoms. The zero-order valence-electron chi connectivity index (χ0n) is 18.2. The summed E-state index contributed by atoms with van der Waals surface area (Å²) in [6.45, 7) is -0.441. The Labute approximate surface area is 190 Å². The SMILES string of the molecule is CC12CCC(=O)N1c1ccccc1C(=O)N2CCC(=O)NCCc1ccc(OC(F)F)cc1. The lowest BCUT2D eigenvalue weighted by Gasteiger charge is -2.48. The number of halogens is 2. The Morgan fingerprint density at radius 1 is 1.15 bits per heavy atom. The highest BCUT2D eigenvalue weighted by Crippen LogP contribution is 2.43. The molecule has 2 heterocycles. The van der Waals surface area contributed by atoms with E-state index in [1.54, 1.807) is 46.2 Å². The van der Waals surface area contributed by atoms with E-state index < -0.39 is 12.3 Å². The normalized spacial score (nSPS) is 19.5. The summed E-state index contributed by atoms with van der Waals surface area (Å²) < 4.78 is 28.8. The molecule has 2 aliphatic rings. The summed E-state index contributed by atoms with van der Waals surface area (Å²) in [6, 6.07) is 13.3. The number of nitrogens with one attached hydrogen (secondary N) is 1. The molecule has 9 heteroatoms. The molecule has 0 radical (unpaired) electrons. The molecule has 4 rings (SSSR count). The molecule has 1 unspecified atom stereocenters. The number of amides is 3. The summed E-state index contributed by atoms with van der Waals surface area (Å²) in [4.78, 5) is 41.5. The molecule has 1 atom stereocenters. The van der Waals surface area contributed by atoms with Crippen LogP contribution in [0.1, 0.15) is 42.1 Å². The summed E-state index contributed by atoms with van der Waals surface area (Å²) in [5, 5.41) is 2.82. The summed E-state index contributed by atoms with van der Waals surface area (Å²) in [5.74, 6) is -0.341. The number of fused-ring (bicyclic) bond motifs is 3. The highest BCUT2D eigenvalue weighted by Gasteiger charge is 2.52. The van der Waals surface area contributed by atoms with E-state index in [1.807, 2.05) is 6.92 Å². The largest absolute Gasteiger partial charge is 0.435 e. The number of hydrogen-bond donors (Lipinski definition) is 1. The molecule has 1 N–H and O–H groups in total. The Kier molecular flexibility index (Phi) is 6.31. The van der Waals surface area contributed by atoms with Gasteiger partial charge in [0.25, 0.3) is 5.91 Å². The average Bonchev–Trinajstić information content (AvgIpc) is 3.09. The van der Waals surface area contributed by atoms with Gasteiger partial charge in [0, 0.05) is 25.9 Å². The van der Waals surface area contributed by atoms with Gasteiger partial charge in [0.1, 0.15) is 11.4 Å². The van der Waals surface area contributed by atoms with Crippen molar-refractivity contribution >= 4 is 23.4 Å². The van der Waals surface area contributed by atoms with Gasteiger partial charge in [-0.25, -0.2) is 0 Å². The van der Waals surface area contributed by atoms with E-state index in [9.17, 15) is 23.2 Å². The zero-order valence-corrected chi connectivity index (χ0v) is 18.2. The van der Waals surface area contributed by atoms with E-state index >= 15 is 0 Å². The average molecular weight is 457 g/mol. The van der Waals surface area contributed by atoms with Crippen molar-refractivity contribution in [1.82, 2.24) is 10.2 Å². The van der Waals surface area contributed by atoms with Crippen molar-refractivity contribution < 1.29 is 27.9 Å². The van der Waals surface area contributed by atoms with Crippen molar-refractivity contribution in [2.24, 2.45) is 0 Å². The van der Waals surface area contributed by atoms with Crippen LogP contribution in [0.2, 0.25) is 0 Å². The number of alkyl halides is 2. The number of nitrogens with zero attached hydrogens (tertiary/aromatic N) is 2. The first-order valence-corrected chi connectivity index (χ1v) is 10.8. The number of hydrogen-bond acceptors (Lipinski definition) is 4. The molecule has 0 aromatic heterocycles. The van der Waals surface area contributed by atoms with Crippen LogP contribution in [0.15, 0.2) is 48.5 Å². The van der Waals surface area contributed by atoms with Crippen molar-refractivity contribution in [3.63, 3.8) is 0 Å². The molecule has 0 aliphatic carbocycles. The fourth-order valence-corrected chi connectivity index (χ4v) is 4.53. The monoisotopic (exact) mass is 457 g/mol. The summed E-state index contributed by atoms with van der Waals surface area (Å²) in [7, 11) is 0. The van der Waals surface area contributed by atoms with Crippen LogP contribution in [0.25, 0.3) is 0 Å². The van der Waals surface area contributed by atoms with E-state index in [0.29, 0.717) is 37.1 Å². The topological polar surface area (TPSA) is 79.0 Å². The first-order chi connectivity index (χ1) is 15.8. The van der Waals surface area contributed by atoms with Gasteiger partial charge in [0.15, 0.2) is 0 Å². The predicted molar refractivity (Wildman–Crippen MR) is 117 cm³/mol. The molecule has 3 amide bonds. The first-order valence-electron chi connectivity index (χ1n) is 10.8. The van der Waals surface area contributed by atoms with Gasteiger partial charge in [-0.3, -0.25) is 19.3 Å². The zero-order chi connectivity index (χ0) is 23.6. The van der Waals surface area contributed by atoms with Crippen molar-refractivity contribution in [3.05, 3.63) is 59.7 Å². The maximum Gasteiger partial charge on any atom is 0.387 e. The van der Waals surface area contributed by atoms with Gasteiger partial charge in [-0.2, -0.15) is 8.78 Å². The molecule has 174 valence electrons. The van der Waals surface area contributed by atoms with Gasteiger partial charge in [-0.15, -0.1) is 0 Å². The Morgan fingerprint density at radius 3 is 2.61 bits per heavy atom. The molecule has 2 aliphatic heterocycles. The molecule has 2 aromatic rings. The number of anilines is 1. The third-order valence-electron chi connectivity index (χ3n) is 6.19. The van der Waals surface area contributed by atoms with Gasteiger partial charge in [0.05, 0.1) is 11.3 Å². The highest BCUT2D eigenvalue weighted by atomic mass is 19.3. The third-order valence-corrected chi connectivity index (χ3v) is 6.19. The van der Waals surface area contributed by atoms with Crippen LogP contribution in [-0.4, -0.2) is 48.0 Å². The number of benzene rings is 2. The summed E-state index contributed by atoms with van der Waals surface area (Å²) in [5.41, 5.74) is 1.17. The second-order valence-corrected chi connectivity index (χ2v) is 8.29. The van der Waals surface area contributed by atoms with Crippen molar-refractivity contribution in [2.45, 2.75) is 44.9 Å². The Balaban J connectivity index is 1.33. The van der Waals surface area contributed by atoms with E-state index in [0.717, 1.165) is 5.56 Å². The maximum atomic E-state index is 13.2. The van der Waals surface area contributed by atoms with Crippen LogP contribution in [0, 0.1) is 0 Å². The van der Waals surface area contributed by atoms with E-state index in [-0.39, 0.29) is 36.4 Å². The van der Waals surface area contributed by atoms with Gasteiger partial charge >= 0.3 is 6.61 Å². The number of carbonyl (C=O) groups is 3. The second-order valence-electron chi connectivity index (χ2n) is 8.29. The van der Waals surface area contributed by atoms with Crippen LogP contribution in [0.5, 0.6) is 5.75 Å². The quantitative estimate of drug-likeness (QED) is 0.660. The second kappa shape index (κ2) is 9.17. The minimum absolute atomic E-state index is 0.0307. The standard InChI is InChI=1S/C24H25F2N3O4/c1-24-13-10-21(31)29(24)19-5-3-2-4-18(19)22(32)28(24)15-12-20(30)27-14-11-16-6-8-17(9-7-16)33-23(25)26/h2-9,23H,10-15H2,1H3,(H,27,30). The lowest BCUT2D eigenvalue weighted by molar-refractivity contribution is -0.121. The maximum absolute atomic E-state index is 13.2. The van der Waals surface area contributed by atoms with Gasteiger partial charge < -0.3 is 15.0 Å². The van der Waals surface area contributed by atoms with Crippen LogP contribution in [0.3, 0.4) is 0 Å². The first kappa shape index (κ1) is 22.7. The lowest BCUT2D eigenvalue weighted by atomic mass is 9.98. The van der Waals surface area contributed by atoms with Crippen LogP contribution in [-0.2, 0) is 16.0 Å². The Hall–Kier alpha value is -3.49. The van der Waals surface area contributed by atoms with Crippen molar-refractivity contribution in [1.29, 1.82) is 0 Å². The number of rotatable bonds is 8. The van der Waals surface area contributed by atoms with Crippen LogP contribution in [0.4, 0.5) is 14.5 Å². The number of para-hydroxylation sites is 1. The smallest absolute Gasteiger partial charge is 0.387 e. The fraction of sp³-hybridized carbons (Fsp3) is 0.375. The fourth-order valence-electron chi connectivity index (χ4n) is 4.53. The van der Waals surface area contributed by atoms with Gasteiger partial charge in [0.2, 0.25) is 11.8 Å². The molecule has 7 nitrogen and oxygen atoms in total. The lowest BCUT2D eigenvalue weighted by Crippen LogP contribution is -2.62. The molecular weight excluding hydrogens is 432 g/mol. The molecule has 2 aromatic carbocycles. The van der Waals surface area contributed by atoms with Crippen LogP contribution >= 0.6 is 0 Å². The van der Waals surface area contributed by atoms with Crippen LogP contribution < -0.4 is 15.0 Å². The van der Waals surface area contributed by atoms with Crippen molar-refractivity contribution in [3.8, 4) is 5.75 Å². The minimum Gasteiger partial charge on any atom is -0.435 e. The number of carbonyl (C=O) groups excluding carboxylic acids is 3. The van der Waals surface area contributed by atoms with Gasteiger partial charge in [-0.1, -0.05) is 24.3 Å².